The normalized spacial score (nSPS) is 11.9. The fourth-order valence-corrected chi connectivity index (χ4v) is 3.53. The third kappa shape index (κ3) is 2.94. The number of aliphatic imine (C=N–C) groups is 1. The van der Waals surface area contributed by atoms with Crippen molar-refractivity contribution in [3.05, 3.63) is 82.9 Å². The Morgan fingerprint density at radius 2 is 2.04 bits per heavy atom. The van der Waals surface area contributed by atoms with Gasteiger partial charge in [-0.05, 0) is 30.3 Å². The van der Waals surface area contributed by atoms with Crippen LogP contribution in [0, 0.1) is 0 Å². The van der Waals surface area contributed by atoms with E-state index in [1.165, 1.54) is 10.4 Å². The van der Waals surface area contributed by atoms with Gasteiger partial charge in [0.05, 0.1) is 17.7 Å². The van der Waals surface area contributed by atoms with Gasteiger partial charge >= 0.3 is 0 Å². The van der Waals surface area contributed by atoms with Crippen LogP contribution in [0.4, 0.5) is 5.69 Å². The van der Waals surface area contributed by atoms with E-state index in [9.17, 15) is 0 Å². The molecule has 4 rings (SSSR count). The number of para-hydroxylation sites is 1. The number of aromatic nitrogens is 2. The molecular formula is C19H16N4S. The Morgan fingerprint density at radius 1 is 1.17 bits per heavy atom. The average Bonchev–Trinajstić information content (AvgIpc) is 3.24. The third-order valence-corrected chi connectivity index (χ3v) is 4.77. The topological polar surface area (TPSA) is 56.2 Å². The van der Waals surface area contributed by atoms with Gasteiger partial charge in [0.2, 0.25) is 0 Å². The minimum absolute atomic E-state index is 0.547. The molecule has 0 atom stereocenters. The molecule has 118 valence electrons. The van der Waals surface area contributed by atoms with Crippen molar-refractivity contribution in [2.75, 3.05) is 0 Å². The first-order chi connectivity index (χ1) is 11.8. The summed E-state index contributed by atoms with van der Waals surface area (Å²) in [5.41, 5.74) is 9.17. The first kappa shape index (κ1) is 14.7. The summed E-state index contributed by atoms with van der Waals surface area (Å²) >= 11 is 1.70. The number of hydrogen-bond acceptors (Lipinski definition) is 3. The van der Waals surface area contributed by atoms with Gasteiger partial charge in [0, 0.05) is 39.8 Å². The van der Waals surface area contributed by atoms with Crippen molar-refractivity contribution in [1.29, 1.82) is 0 Å². The molecule has 0 spiro atoms. The number of thiophene rings is 1. The fraction of sp³-hybridized carbons (Fsp3) is 0.0526. The molecule has 0 radical (unpaired) electrons. The van der Waals surface area contributed by atoms with Gasteiger partial charge in [0.25, 0.3) is 0 Å². The minimum atomic E-state index is 0.547. The molecular weight excluding hydrogens is 316 g/mol. The van der Waals surface area contributed by atoms with Crippen LogP contribution in [0.15, 0.2) is 77.5 Å². The molecule has 1 aromatic carbocycles. The Labute approximate surface area is 143 Å². The largest absolute Gasteiger partial charge is 0.383 e. The molecule has 4 aromatic rings. The molecule has 3 heterocycles. The molecule has 0 fully saturated rings. The van der Waals surface area contributed by atoms with E-state index in [0.717, 1.165) is 23.2 Å². The first-order valence-electron chi connectivity index (χ1n) is 7.65. The summed E-state index contributed by atoms with van der Waals surface area (Å²) in [6, 6.07) is 16.0. The van der Waals surface area contributed by atoms with Crippen molar-refractivity contribution >= 4 is 33.8 Å². The molecule has 0 aliphatic heterocycles. The van der Waals surface area contributed by atoms with Crippen LogP contribution in [0.5, 0.6) is 0 Å². The number of pyridine rings is 1. The Morgan fingerprint density at radius 3 is 2.92 bits per heavy atom. The van der Waals surface area contributed by atoms with E-state index in [0.29, 0.717) is 5.84 Å². The van der Waals surface area contributed by atoms with Crippen molar-refractivity contribution in [2.45, 2.75) is 6.54 Å². The van der Waals surface area contributed by atoms with E-state index < -0.39 is 0 Å². The second-order valence-electron chi connectivity index (χ2n) is 5.51. The molecule has 5 heteroatoms. The predicted octanol–water partition coefficient (Wildman–Crippen LogP) is 4.18. The van der Waals surface area contributed by atoms with Crippen molar-refractivity contribution in [3.63, 3.8) is 0 Å². The summed E-state index contributed by atoms with van der Waals surface area (Å²) in [7, 11) is 0. The van der Waals surface area contributed by atoms with E-state index in [4.69, 9.17) is 5.73 Å². The molecule has 4 nitrogen and oxygen atoms in total. The Kier molecular flexibility index (Phi) is 3.84. The van der Waals surface area contributed by atoms with Gasteiger partial charge in [-0.1, -0.05) is 18.2 Å². The number of fused-ring (bicyclic) bond motifs is 1. The number of hydrogen-bond donors (Lipinski definition) is 1. The van der Waals surface area contributed by atoms with Crippen molar-refractivity contribution < 1.29 is 0 Å². The van der Waals surface area contributed by atoms with Gasteiger partial charge in [-0.3, -0.25) is 4.98 Å². The molecule has 0 saturated heterocycles. The highest BCUT2D eigenvalue weighted by atomic mass is 32.1. The highest BCUT2D eigenvalue weighted by Crippen LogP contribution is 2.21. The number of nitrogens with zero attached hydrogens (tertiary/aromatic N) is 3. The number of benzene rings is 1. The lowest BCUT2D eigenvalue weighted by atomic mass is 10.2. The smallest absolute Gasteiger partial charge is 0.132 e. The lowest BCUT2D eigenvalue weighted by Gasteiger charge is -2.02. The van der Waals surface area contributed by atoms with Gasteiger partial charge in [0.15, 0.2) is 0 Å². The van der Waals surface area contributed by atoms with Crippen LogP contribution < -0.4 is 5.73 Å². The fourth-order valence-electron chi connectivity index (χ4n) is 2.65. The monoisotopic (exact) mass is 332 g/mol. The zero-order valence-corrected chi connectivity index (χ0v) is 13.8. The molecule has 2 N–H and O–H groups in total. The molecule has 0 amide bonds. The van der Waals surface area contributed by atoms with Gasteiger partial charge in [-0.15, -0.1) is 11.3 Å². The molecule has 3 aromatic heterocycles. The second kappa shape index (κ2) is 6.29. The molecule has 0 unspecified atom stereocenters. The third-order valence-electron chi connectivity index (χ3n) is 3.85. The van der Waals surface area contributed by atoms with E-state index in [1.54, 1.807) is 11.3 Å². The molecule has 0 aliphatic rings. The summed E-state index contributed by atoms with van der Waals surface area (Å²) in [5.74, 6) is 0.547. The number of nitrogens with two attached hydrogens (primary N) is 1. The van der Waals surface area contributed by atoms with Crippen LogP contribution in [-0.2, 0) is 6.54 Å². The van der Waals surface area contributed by atoms with Gasteiger partial charge in [-0.2, -0.15) is 0 Å². The Bertz CT molecular complexity index is 998. The number of rotatable bonds is 4. The zero-order valence-electron chi connectivity index (χ0n) is 13.0. The second-order valence-corrected chi connectivity index (χ2v) is 6.51. The van der Waals surface area contributed by atoms with Crippen molar-refractivity contribution in [3.8, 4) is 0 Å². The average molecular weight is 332 g/mol. The maximum atomic E-state index is 6.15. The zero-order chi connectivity index (χ0) is 16.4. The minimum Gasteiger partial charge on any atom is -0.383 e. The van der Waals surface area contributed by atoms with E-state index in [2.05, 4.69) is 38.3 Å². The Balaban J connectivity index is 1.58. The lowest BCUT2D eigenvalue weighted by molar-refractivity contribution is 0.851. The van der Waals surface area contributed by atoms with Crippen molar-refractivity contribution in [2.24, 2.45) is 10.7 Å². The van der Waals surface area contributed by atoms with Gasteiger partial charge < -0.3 is 10.3 Å². The maximum absolute atomic E-state index is 6.15. The molecule has 0 bridgehead atoms. The molecule has 24 heavy (non-hydrogen) atoms. The highest BCUT2D eigenvalue weighted by molar-refractivity contribution is 7.10. The van der Waals surface area contributed by atoms with E-state index >= 15 is 0 Å². The van der Waals surface area contributed by atoms with Crippen LogP contribution in [0.1, 0.15) is 10.4 Å². The van der Waals surface area contributed by atoms with Gasteiger partial charge in [0.1, 0.15) is 5.84 Å². The van der Waals surface area contributed by atoms with Crippen LogP contribution in [0.3, 0.4) is 0 Å². The lowest BCUT2D eigenvalue weighted by Crippen LogP contribution is -2.11. The summed E-state index contributed by atoms with van der Waals surface area (Å²) in [6.07, 6.45) is 5.80. The van der Waals surface area contributed by atoms with Crippen LogP contribution in [-0.4, -0.2) is 15.4 Å². The summed E-state index contributed by atoms with van der Waals surface area (Å²) in [5, 5.41) is 3.21. The Hall–Kier alpha value is -2.92. The first-order valence-corrected chi connectivity index (χ1v) is 8.53. The van der Waals surface area contributed by atoms with Crippen LogP contribution >= 0.6 is 11.3 Å². The summed E-state index contributed by atoms with van der Waals surface area (Å²) in [6.45, 7) is 0.816. The van der Waals surface area contributed by atoms with Gasteiger partial charge in [-0.25, -0.2) is 4.99 Å². The summed E-state index contributed by atoms with van der Waals surface area (Å²) < 4.78 is 2.22. The van der Waals surface area contributed by atoms with Crippen molar-refractivity contribution in [1.82, 2.24) is 9.55 Å². The predicted molar refractivity (Wildman–Crippen MR) is 100.0 cm³/mol. The standard InChI is InChI=1S/C19H16N4S/c20-19(22-16-4-2-1-3-5-16)15-10-17(24-13-15)12-23-9-7-14-11-21-8-6-18(14)23/h1-11,13H,12H2,(H2,20,22). The van der Waals surface area contributed by atoms with Crippen LogP contribution in [0.25, 0.3) is 10.9 Å². The SMILES string of the molecule is NC(=Nc1ccccc1)c1csc(Cn2ccc3cnccc32)c1. The van der Waals surface area contributed by atoms with Crippen LogP contribution in [0.2, 0.25) is 0 Å². The molecule has 0 aliphatic carbocycles. The maximum Gasteiger partial charge on any atom is 0.132 e. The van der Waals surface area contributed by atoms with E-state index in [1.807, 2.05) is 48.8 Å². The van der Waals surface area contributed by atoms with E-state index in [-0.39, 0.29) is 0 Å². The number of amidine groups is 1. The summed E-state index contributed by atoms with van der Waals surface area (Å²) in [4.78, 5) is 9.87. The highest BCUT2D eigenvalue weighted by Gasteiger charge is 2.06. The quantitative estimate of drug-likeness (QED) is 0.450. The molecule has 0 saturated carbocycles.